The minimum atomic E-state index is -0.538. The van der Waals surface area contributed by atoms with Crippen LogP contribution in [0.5, 0.6) is 5.88 Å². The van der Waals surface area contributed by atoms with Crippen LogP contribution >= 0.6 is 11.3 Å². The third-order valence-corrected chi connectivity index (χ3v) is 7.10. The SMILES string of the molecule is COC(=O)c1cc(C#N)c(COc2nc(-c3ccc(N4CCOCC4)cc3)cc(-c3ccon3)c2C#N)s1. The summed E-state index contributed by atoms with van der Waals surface area (Å²) in [5, 5.41) is 23.5. The molecule has 1 saturated heterocycles. The monoisotopic (exact) mass is 527 g/mol. The van der Waals surface area contributed by atoms with Crippen LogP contribution in [-0.2, 0) is 16.1 Å². The number of nitrogens with zero attached hydrogens (tertiary/aromatic N) is 5. The zero-order valence-corrected chi connectivity index (χ0v) is 21.2. The number of morpholine rings is 1. The molecule has 0 unspecified atom stereocenters. The number of rotatable bonds is 7. The van der Waals surface area contributed by atoms with Gasteiger partial charge in [0.1, 0.15) is 41.1 Å². The molecule has 0 radical (unpaired) electrons. The Kier molecular flexibility index (Phi) is 7.31. The summed E-state index contributed by atoms with van der Waals surface area (Å²) >= 11 is 1.09. The number of hydrogen-bond acceptors (Lipinski definition) is 11. The maximum atomic E-state index is 11.9. The van der Waals surface area contributed by atoms with E-state index >= 15 is 0 Å². The van der Waals surface area contributed by atoms with Crippen molar-refractivity contribution < 1.29 is 23.5 Å². The van der Waals surface area contributed by atoms with Crippen LogP contribution in [0.2, 0.25) is 0 Å². The van der Waals surface area contributed by atoms with Crippen LogP contribution in [0.4, 0.5) is 5.69 Å². The van der Waals surface area contributed by atoms with E-state index in [-0.39, 0.29) is 22.9 Å². The summed E-state index contributed by atoms with van der Waals surface area (Å²) in [5.74, 6) is -0.457. The van der Waals surface area contributed by atoms with Crippen LogP contribution in [0.15, 0.2) is 53.3 Å². The van der Waals surface area contributed by atoms with E-state index < -0.39 is 5.97 Å². The molecule has 0 atom stereocenters. The lowest BCUT2D eigenvalue weighted by atomic mass is 10.0. The number of ether oxygens (including phenoxy) is 3. The highest BCUT2D eigenvalue weighted by Gasteiger charge is 2.21. The lowest BCUT2D eigenvalue weighted by molar-refractivity contribution is 0.0606. The predicted molar refractivity (Wildman–Crippen MR) is 138 cm³/mol. The van der Waals surface area contributed by atoms with Gasteiger partial charge in [0.05, 0.1) is 36.5 Å². The number of benzene rings is 1. The van der Waals surface area contributed by atoms with Crippen molar-refractivity contribution in [3.8, 4) is 40.5 Å². The van der Waals surface area contributed by atoms with E-state index in [1.165, 1.54) is 19.4 Å². The molecule has 0 amide bonds. The highest BCUT2D eigenvalue weighted by atomic mass is 32.1. The first-order valence-electron chi connectivity index (χ1n) is 11.6. The molecule has 4 aromatic rings. The topological polar surface area (TPSA) is 134 Å². The first kappa shape index (κ1) is 25.0. The molecule has 0 bridgehead atoms. The van der Waals surface area contributed by atoms with E-state index in [4.69, 9.17) is 18.7 Å². The Morgan fingerprint density at radius 1 is 1.11 bits per heavy atom. The number of methoxy groups -OCH3 is 1. The molecular weight excluding hydrogens is 506 g/mol. The second-order valence-corrected chi connectivity index (χ2v) is 9.35. The predicted octanol–water partition coefficient (Wildman–Crippen LogP) is 4.41. The summed E-state index contributed by atoms with van der Waals surface area (Å²) in [6, 6.07) is 17.1. The average molecular weight is 528 g/mol. The smallest absolute Gasteiger partial charge is 0.348 e. The summed E-state index contributed by atoms with van der Waals surface area (Å²) in [4.78, 5) is 19.6. The highest BCUT2D eigenvalue weighted by molar-refractivity contribution is 7.14. The van der Waals surface area contributed by atoms with Gasteiger partial charge in [-0.25, -0.2) is 9.78 Å². The molecule has 0 spiro atoms. The number of hydrogen-bond donors (Lipinski definition) is 0. The Hall–Kier alpha value is -4.71. The Morgan fingerprint density at radius 2 is 1.89 bits per heavy atom. The van der Waals surface area contributed by atoms with E-state index in [0.29, 0.717) is 40.6 Å². The molecule has 1 aromatic carbocycles. The first-order valence-corrected chi connectivity index (χ1v) is 12.5. The molecule has 0 N–H and O–H groups in total. The van der Waals surface area contributed by atoms with Crippen molar-refractivity contribution in [3.05, 3.63) is 69.6 Å². The molecule has 0 saturated carbocycles. The fraction of sp³-hybridized carbons (Fsp3) is 0.222. The van der Waals surface area contributed by atoms with Crippen molar-refractivity contribution in [2.45, 2.75) is 6.61 Å². The van der Waals surface area contributed by atoms with Gasteiger partial charge in [0.2, 0.25) is 5.88 Å². The molecule has 10 nitrogen and oxygen atoms in total. The molecule has 38 heavy (non-hydrogen) atoms. The minimum absolute atomic E-state index is 0.0656. The Morgan fingerprint density at radius 3 is 2.55 bits per heavy atom. The molecule has 1 fully saturated rings. The Bertz CT molecular complexity index is 1530. The number of anilines is 1. The second-order valence-electron chi connectivity index (χ2n) is 8.22. The zero-order valence-electron chi connectivity index (χ0n) is 20.3. The summed E-state index contributed by atoms with van der Waals surface area (Å²) < 4.78 is 21.2. The molecular formula is C27H21N5O5S. The number of thiophene rings is 1. The van der Waals surface area contributed by atoms with Crippen LogP contribution in [0.25, 0.3) is 22.5 Å². The number of carbonyl (C=O) groups is 1. The van der Waals surface area contributed by atoms with Crippen molar-refractivity contribution in [2.24, 2.45) is 0 Å². The van der Waals surface area contributed by atoms with Crippen LogP contribution in [-0.4, -0.2) is 49.5 Å². The number of esters is 1. The number of carbonyl (C=O) groups excluding carboxylic acids is 1. The maximum Gasteiger partial charge on any atom is 0.348 e. The molecule has 4 heterocycles. The van der Waals surface area contributed by atoms with Gasteiger partial charge < -0.3 is 23.6 Å². The molecule has 1 aliphatic rings. The second kappa shape index (κ2) is 11.1. The molecule has 190 valence electrons. The van der Waals surface area contributed by atoms with Crippen molar-refractivity contribution in [2.75, 3.05) is 38.3 Å². The van der Waals surface area contributed by atoms with Gasteiger partial charge in [-0.2, -0.15) is 10.5 Å². The van der Waals surface area contributed by atoms with E-state index in [2.05, 4.69) is 27.2 Å². The third kappa shape index (κ3) is 5.06. The van der Waals surface area contributed by atoms with Crippen molar-refractivity contribution in [3.63, 3.8) is 0 Å². The molecule has 1 aliphatic heterocycles. The number of nitriles is 2. The van der Waals surface area contributed by atoms with Crippen molar-refractivity contribution in [1.82, 2.24) is 10.1 Å². The Labute approximate surface area is 222 Å². The van der Waals surface area contributed by atoms with Gasteiger partial charge in [-0.3, -0.25) is 0 Å². The van der Waals surface area contributed by atoms with E-state index in [9.17, 15) is 15.3 Å². The third-order valence-electron chi connectivity index (χ3n) is 6.01. The first-order chi connectivity index (χ1) is 18.6. The summed E-state index contributed by atoms with van der Waals surface area (Å²) in [5.41, 5.74) is 3.91. The van der Waals surface area contributed by atoms with E-state index in [1.807, 2.05) is 24.3 Å². The lowest BCUT2D eigenvalue weighted by Gasteiger charge is -2.28. The summed E-state index contributed by atoms with van der Waals surface area (Å²) in [6.45, 7) is 2.98. The minimum Gasteiger partial charge on any atom is -0.471 e. The molecule has 3 aromatic heterocycles. The molecule has 5 rings (SSSR count). The van der Waals surface area contributed by atoms with Crippen molar-refractivity contribution in [1.29, 1.82) is 10.5 Å². The zero-order chi connectivity index (χ0) is 26.5. The van der Waals surface area contributed by atoms with Crippen LogP contribution in [0.3, 0.4) is 0 Å². The lowest BCUT2D eigenvalue weighted by Crippen LogP contribution is -2.36. The summed E-state index contributed by atoms with van der Waals surface area (Å²) in [6.07, 6.45) is 1.42. The maximum absolute atomic E-state index is 11.9. The van der Waals surface area contributed by atoms with Gasteiger partial charge in [0, 0.05) is 36.0 Å². The average Bonchev–Trinajstić information content (AvgIpc) is 3.66. The standard InChI is InChI=1S/C27H21N5O5S/c1-34-27(33)24-12-18(14-28)25(38-24)16-36-26-21(15-29)20(22-6-9-37-31-22)13-23(30-26)17-2-4-19(5-3-17)32-7-10-35-11-8-32/h2-6,9,12-13H,7-8,10-11,16H2,1H3. The van der Waals surface area contributed by atoms with Gasteiger partial charge >= 0.3 is 5.97 Å². The quantitative estimate of drug-likeness (QED) is 0.318. The molecule has 0 aliphatic carbocycles. The highest BCUT2D eigenvalue weighted by Crippen LogP contribution is 2.34. The largest absolute Gasteiger partial charge is 0.471 e. The van der Waals surface area contributed by atoms with Crippen LogP contribution in [0.1, 0.15) is 25.7 Å². The molecule has 11 heteroatoms. The van der Waals surface area contributed by atoms with E-state index in [0.717, 1.165) is 35.7 Å². The van der Waals surface area contributed by atoms with Crippen molar-refractivity contribution >= 4 is 23.0 Å². The normalized spacial score (nSPS) is 13.0. The van der Waals surface area contributed by atoms with Gasteiger partial charge in [0.15, 0.2) is 0 Å². The van der Waals surface area contributed by atoms with Crippen LogP contribution in [0, 0.1) is 22.7 Å². The van der Waals surface area contributed by atoms with Gasteiger partial charge in [-0.05, 0) is 24.3 Å². The van der Waals surface area contributed by atoms with Gasteiger partial charge in [-0.1, -0.05) is 17.3 Å². The van der Waals surface area contributed by atoms with E-state index in [1.54, 1.807) is 12.1 Å². The van der Waals surface area contributed by atoms with Gasteiger partial charge in [0.25, 0.3) is 0 Å². The van der Waals surface area contributed by atoms with Gasteiger partial charge in [-0.15, -0.1) is 11.3 Å². The number of pyridine rings is 1. The number of aromatic nitrogens is 2. The van der Waals surface area contributed by atoms with Crippen LogP contribution < -0.4 is 9.64 Å². The fourth-order valence-electron chi connectivity index (χ4n) is 4.07. The Balaban J connectivity index is 1.50. The fourth-order valence-corrected chi connectivity index (χ4v) is 5.01. The summed E-state index contributed by atoms with van der Waals surface area (Å²) in [7, 11) is 1.28.